The van der Waals surface area contributed by atoms with Gasteiger partial charge in [-0.2, -0.15) is 0 Å². The fourth-order valence-corrected chi connectivity index (χ4v) is 3.37. The van der Waals surface area contributed by atoms with E-state index in [0.717, 1.165) is 0 Å². The van der Waals surface area contributed by atoms with Crippen molar-refractivity contribution in [2.75, 3.05) is 19.8 Å². The second-order valence-corrected chi connectivity index (χ2v) is 5.91. The third-order valence-corrected chi connectivity index (χ3v) is 4.37. The monoisotopic (exact) mass is 327 g/mol. The van der Waals surface area contributed by atoms with Crippen LogP contribution in [0.5, 0.6) is 0 Å². The minimum atomic E-state index is -3.86. The Morgan fingerprint density at radius 3 is 2.42 bits per heavy atom. The highest BCUT2D eigenvalue weighted by Crippen LogP contribution is 2.28. The van der Waals surface area contributed by atoms with Crippen LogP contribution in [0.25, 0.3) is 0 Å². The standard InChI is InChI=1S/C10H11Cl2NO5S/c11-7-2-1-3-8(12)10(7)19(16,17)13-4-5-18-6-9(14)15/h1-3,13H,4-6H2,(H,14,15). The predicted octanol–water partition coefficient (Wildman–Crippen LogP) is 1.37. The molecule has 0 atom stereocenters. The van der Waals surface area contributed by atoms with Crippen LogP contribution in [0.4, 0.5) is 0 Å². The predicted molar refractivity (Wildman–Crippen MR) is 70.1 cm³/mol. The summed E-state index contributed by atoms with van der Waals surface area (Å²) in [5.74, 6) is -1.13. The molecule has 19 heavy (non-hydrogen) atoms. The molecule has 0 aliphatic carbocycles. The molecule has 0 heterocycles. The molecule has 0 spiro atoms. The summed E-state index contributed by atoms with van der Waals surface area (Å²) in [4.78, 5) is 9.96. The van der Waals surface area contributed by atoms with Crippen LogP contribution in [0.3, 0.4) is 0 Å². The lowest BCUT2D eigenvalue weighted by Gasteiger charge is -2.09. The van der Waals surface area contributed by atoms with Gasteiger partial charge in [-0.1, -0.05) is 29.3 Å². The quantitative estimate of drug-likeness (QED) is 0.738. The number of hydrogen-bond acceptors (Lipinski definition) is 4. The van der Waals surface area contributed by atoms with Gasteiger partial charge in [-0.15, -0.1) is 0 Å². The maximum Gasteiger partial charge on any atom is 0.329 e. The van der Waals surface area contributed by atoms with E-state index in [1.807, 2.05) is 0 Å². The number of benzene rings is 1. The summed E-state index contributed by atoms with van der Waals surface area (Å²) in [6.45, 7) is -0.653. The van der Waals surface area contributed by atoms with E-state index in [-0.39, 0.29) is 28.1 Å². The van der Waals surface area contributed by atoms with Gasteiger partial charge in [-0.05, 0) is 12.1 Å². The Bertz CT molecular complexity index is 541. The number of halogens is 2. The van der Waals surface area contributed by atoms with Gasteiger partial charge in [0, 0.05) is 6.54 Å². The van der Waals surface area contributed by atoms with Crippen LogP contribution in [0.15, 0.2) is 23.1 Å². The van der Waals surface area contributed by atoms with Crippen LogP contribution in [0, 0.1) is 0 Å². The summed E-state index contributed by atoms with van der Waals surface area (Å²) < 4.78 is 30.7. The van der Waals surface area contributed by atoms with Crippen LogP contribution in [-0.2, 0) is 19.6 Å². The fraction of sp³-hybridized carbons (Fsp3) is 0.300. The molecule has 0 aromatic heterocycles. The molecule has 0 saturated heterocycles. The number of nitrogens with one attached hydrogen (secondary N) is 1. The molecular formula is C10H11Cl2NO5S. The van der Waals surface area contributed by atoms with E-state index in [1.54, 1.807) is 0 Å². The zero-order valence-corrected chi connectivity index (χ0v) is 11.9. The number of carboxylic acid groups (broad SMARTS) is 1. The van der Waals surface area contributed by atoms with Crippen LogP contribution in [0.2, 0.25) is 10.0 Å². The Balaban J connectivity index is 2.64. The Hall–Kier alpha value is -0.860. The number of carboxylic acids is 1. The third-order valence-electron chi connectivity index (χ3n) is 1.95. The van der Waals surface area contributed by atoms with Crippen LogP contribution >= 0.6 is 23.2 Å². The smallest absolute Gasteiger partial charge is 0.329 e. The molecule has 0 fully saturated rings. The summed E-state index contributed by atoms with van der Waals surface area (Å²) in [5, 5.41) is 8.34. The van der Waals surface area contributed by atoms with Crippen LogP contribution < -0.4 is 4.72 Å². The molecule has 1 aromatic rings. The van der Waals surface area contributed by atoms with Crippen molar-refractivity contribution in [1.29, 1.82) is 0 Å². The molecule has 0 bridgehead atoms. The molecule has 0 amide bonds. The molecule has 0 unspecified atom stereocenters. The zero-order chi connectivity index (χ0) is 14.5. The minimum absolute atomic E-state index is 0.00598. The lowest BCUT2D eigenvalue weighted by atomic mass is 10.4. The summed E-state index contributed by atoms with van der Waals surface area (Å²) in [7, 11) is -3.86. The lowest BCUT2D eigenvalue weighted by molar-refractivity contribution is -0.142. The van der Waals surface area contributed by atoms with Gasteiger partial charge in [0.2, 0.25) is 10.0 Å². The topological polar surface area (TPSA) is 92.7 Å². The van der Waals surface area contributed by atoms with E-state index in [4.69, 9.17) is 33.0 Å². The number of aliphatic carboxylic acids is 1. The number of carbonyl (C=O) groups is 1. The highest BCUT2D eigenvalue weighted by molar-refractivity contribution is 7.89. The van der Waals surface area contributed by atoms with Gasteiger partial charge in [0.1, 0.15) is 11.5 Å². The lowest BCUT2D eigenvalue weighted by Crippen LogP contribution is -2.28. The van der Waals surface area contributed by atoms with E-state index in [1.165, 1.54) is 18.2 Å². The van der Waals surface area contributed by atoms with Crippen molar-refractivity contribution in [3.8, 4) is 0 Å². The first-order valence-corrected chi connectivity index (χ1v) is 7.31. The van der Waals surface area contributed by atoms with Crippen molar-refractivity contribution in [2.45, 2.75) is 4.90 Å². The highest BCUT2D eigenvalue weighted by atomic mass is 35.5. The summed E-state index contributed by atoms with van der Waals surface area (Å²) in [6.07, 6.45) is 0. The number of hydrogen-bond donors (Lipinski definition) is 2. The van der Waals surface area contributed by atoms with Gasteiger partial charge < -0.3 is 9.84 Å². The molecule has 106 valence electrons. The molecule has 6 nitrogen and oxygen atoms in total. The van der Waals surface area contributed by atoms with Crippen molar-refractivity contribution >= 4 is 39.2 Å². The summed E-state index contributed by atoms with van der Waals surface area (Å²) in [6, 6.07) is 4.34. The van der Waals surface area contributed by atoms with Crippen molar-refractivity contribution in [3.05, 3.63) is 28.2 Å². The maximum absolute atomic E-state index is 11.9. The van der Waals surface area contributed by atoms with Gasteiger partial charge in [0.25, 0.3) is 0 Å². The number of ether oxygens (including phenoxy) is 1. The molecular weight excluding hydrogens is 317 g/mol. The highest BCUT2D eigenvalue weighted by Gasteiger charge is 2.20. The largest absolute Gasteiger partial charge is 0.480 e. The molecule has 9 heteroatoms. The first kappa shape index (κ1) is 16.2. The first-order valence-electron chi connectivity index (χ1n) is 5.08. The van der Waals surface area contributed by atoms with Gasteiger partial charge in [-0.25, -0.2) is 17.9 Å². The van der Waals surface area contributed by atoms with Crippen LogP contribution in [0.1, 0.15) is 0 Å². The van der Waals surface area contributed by atoms with Gasteiger partial charge in [-0.3, -0.25) is 0 Å². The number of rotatable bonds is 7. The van der Waals surface area contributed by atoms with E-state index in [2.05, 4.69) is 4.72 Å². The molecule has 2 N–H and O–H groups in total. The molecule has 1 aromatic carbocycles. The second-order valence-electron chi connectivity index (χ2n) is 3.39. The zero-order valence-electron chi connectivity index (χ0n) is 9.60. The molecule has 0 aliphatic heterocycles. The Labute approximate surface area is 120 Å². The molecule has 0 saturated carbocycles. The average molecular weight is 328 g/mol. The summed E-state index contributed by atoms with van der Waals surface area (Å²) >= 11 is 11.6. The fourth-order valence-electron chi connectivity index (χ4n) is 1.22. The van der Waals surface area contributed by atoms with Crippen molar-refractivity contribution < 1.29 is 23.1 Å². The van der Waals surface area contributed by atoms with Gasteiger partial charge in [0.05, 0.1) is 16.7 Å². The van der Waals surface area contributed by atoms with E-state index >= 15 is 0 Å². The molecule has 0 aliphatic rings. The van der Waals surface area contributed by atoms with E-state index < -0.39 is 22.6 Å². The van der Waals surface area contributed by atoms with E-state index in [9.17, 15) is 13.2 Å². The SMILES string of the molecule is O=C(O)COCCNS(=O)(=O)c1c(Cl)cccc1Cl. The normalized spacial score (nSPS) is 11.5. The molecule has 0 radical (unpaired) electrons. The van der Waals surface area contributed by atoms with Crippen molar-refractivity contribution in [3.63, 3.8) is 0 Å². The van der Waals surface area contributed by atoms with Crippen molar-refractivity contribution in [2.24, 2.45) is 0 Å². The van der Waals surface area contributed by atoms with Crippen molar-refractivity contribution in [1.82, 2.24) is 4.72 Å². The third kappa shape index (κ3) is 4.96. The Kier molecular flexibility index (Phi) is 6.02. The molecule has 1 rings (SSSR count). The first-order chi connectivity index (χ1) is 8.84. The Morgan fingerprint density at radius 1 is 1.32 bits per heavy atom. The minimum Gasteiger partial charge on any atom is -0.480 e. The average Bonchev–Trinajstić information content (AvgIpc) is 2.27. The maximum atomic E-state index is 11.9. The Morgan fingerprint density at radius 2 is 1.89 bits per heavy atom. The van der Waals surface area contributed by atoms with E-state index in [0.29, 0.717) is 0 Å². The van der Waals surface area contributed by atoms with Gasteiger partial charge in [0.15, 0.2) is 0 Å². The van der Waals surface area contributed by atoms with Gasteiger partial charge >= 0.3 is 5.97 Å². The second kappa shape index (κ2) is 7.06. The summed E-state index contributed by atoms with van der Waals surface area (Å²) in [5.41, 5.74) is 0. The van der Waals surface area contributed by atoms with Crippen LogP contribution in [-0.4, -0.2) is 39.3 Å². The number of sulfonamides is 1.